The third kappa shape index (κ3) is 3.33. The fourth-order valence-corrected chi connectivity index (χ4v) is 3.61. The zero-order valence-electron chi connectivity index (χ0n) is 9.97. The standard InChI is InChI=1S/C10H12BrNO4S2/c1-10(2,3)8(18(15)16)12(9(13)14)7-5-4-6(11)17-7/h4-5H,1-3H3,(H,13,14). The lowest BCUT2D eigenvalue weighted by atomic mass is 9.96. The van der Waals surface area contributed by atoms with Crippen molar-refractivity contribution < 1.29 is 18.3 Å². The minimum Gasteiger partial charge on any atom is -0.464 e. The lowest BCUT2D eigenvalue weighted by Gasteiger charge is -2.26. The molecule has 0 unspecified atom stereocenters. The third-order valence-corrected chi connectivity index (χ3v) is 4.69. The molecule has 18 heavy (non-hydrogen) atoms. The fraction of sp³-hybridized carbons (Fsp3) is 0.400. The molecular weight excluding hydrogens is 342 g/mol. The summed E-state index contributed by atoms with van der Waals surface area (Å²) >= 11 is 4.38. The van der Waals surface area contributed by atoms with Crippen LogP contribution >= 0.6 is 27.3 Å². The van der Waals surface area contributed by atoms with Gasteiger partial charge in [0.15, 0.2) is 4.99 Å². The van der Waals surface area contributed by atoms with E-state index in [0.29, 0.717) is 5.00 Å². The molecule has 0 aliphatic rings. The molecule has 1 aromatic heterocycles. The van der Waals surface area contributed by atoms with E-state index in [9.17, 15) is 18.3 Å². The Bertz CT molecular complexity index is 590. The van der Waals surface area contributed by atoms with Gasteiger partial charge in [-0.05, 0) is 28.1 Å². The van der Waals surface area contributed by atoms with Gasteiger partial charge in [0.05, 0.1) is 3.79 Å². The Hall–Kier alpha value is -0.860. The summed E-state index contributed by atoms with van der Waals surface area (Å²) in [6, 6.07) is 3.23. The van der Waals surface area contributed by atoms with Crippen LogP contribution in [-0.4, -0.2) is 24.6 Å². The van der Waals surface area contributed by atoms with E-state index in [2.05, 4.69) is 15.9 Å². The Morgan fingerprint density at radius 2 is 1.94 bits per heavy atom. The Balaban J connectivity index is 3.48. The summed E-state index contributed by atoms with van der Waals surface area (Å²) in [4.78, 5) is 12.0. The Labute approximate surface area is 119 Å². The highest BCUT2D eigenvalue weighted by Crippen LogP contribution is 2.33. The van der Waals surface area contributed by atoms with Gasteiger partial charge in [0.1, 0.15) is 5.00 Å². The highest BCUT2D eigenvalue weighted by Gasteiger charge is 2.32. The van der Waals surface area contributed by atoms with E-state index in [-0.39, 0.29) is 4.99 Å². The first-order valence-corrected chi connectivity index (χ1v) is 7.58. The molecule has 0 radical (unpaired) electrons. The van der Waals surface area contributed by atoms with E-state index >= 15 is 0 Å². The number of rotatable bonds is 1. The molecule has 5 nitrogen and oxygen atoms in total. The third-order valence-electron chi connectivity index (χ3n) is 1.97. The van der Waals surface area contributed by atoms with Gasteiger partial charge in [-0.15, -0.1) is 11.3 Å². The summed E-state index contributed by atoms with van der Waals surface area (Å²) in [6.07, 6.45) is -1.32. The summed E-state index contributed by atoms with van der Waals surface area (Å²) in [5.74, 6) is 0. The average Bonchev–Trinajstić information content (AvgIpc) is 2.57. The van der Waals surface area contributed by atoms with Crippen LogP contribution in [0.25, 0.3) is 0 Å². The number of hydrogen-bond donors (Lipinski definition) is 1. The van der Waals surface area contributed by atoms with Gasteiger partial charge in [-0.3, -0.25) is 0 Å². The zero-order chi connectivity index (χ0) is 14.1. The maximum Gasteiger partial charge on any atom is 0.417 e. The number of hydrogen-bond acceptors (Lipinski definition) is 4. The van der Waals surface area contributed by atoms with Gasteiger partial charge in [0.2, 0.25) is 10.3 Å². The molecule has 100 valence electrons. The molecule has 0 bridgehead atoms. The summed E-state index contributed by atoms with van der Waals surface area (Å²) in [6.45, 7) is 4.95. The van der Waals surface area contributed by atoms with Crippen LogP contribution in [-0.2, 0) is 10.3 Å². The monoisotopic (exact) mass is 353 g/mol. The van der Waals surface area contributed by atoms with Crippen LogP contribution in [0.1, 0.15) is 20.8 Å². The fourth-order valence-electron chi connectivity index (χ4n) is 1.37. The van der Waals surface area contributed by atoms with Crippen molar-refractivity contribution in [3.63, 3.8) is 0 Å². The van der Waals surface area contributed by atoms with Crippen molar-refractivity contribution in [1.82, 2.24) is 0 Å². The SMILES string of the molecule is CC(C)(C)C(N(C(=O)O)c1ccc(Br)s1)=S(=O)=O. The smallest absolute Gasteiger partial charge is 0.417 e. The van der Waals surface area contributed by atoms with Crippen molar-refractivity contribution >= 4 is 53.6 Å². The predicted octanol–water partition coefficient (Wildman–Crippen LogP) is 3.05. The van der Waals surface area contributed by atoms with Gasteiger partial charge in [-0.2, -0.15) is 8.42 Å². The highest BCUT2D eigenvalue weighted by atomic mass is 79.9. The summed E-state index contributed by atoms with van der Waals surface area (Å²) < 4.78 is 23.4. The number of anilines is 1. The molecule has 1 heterocycles. The van der Waals surface area contributed by atoms with Crippen LogP contribution in [0.2, 0.25) is 0 Å². The van der Waals surface area contributed by atoms with E-state index in [4.69, 9.17) is 0 Å². The lowest BCUT2D eigenvalue weighted by Crippen LogP contribution is -2.43. The van der Waals surface area contributed by atoms with E-state index in [1.807, 2.05) is 0 Å². The van der Waals surface area contributed by atoms with Gasteiger partial charge >= 0.3 is 6.09 Å². The van der Waals surface area contributed by atoms with Crippen molar-refractivity contribution in [2.24, 2.45) is 5.41 Å². The molecule has 0 fully saturated rings. The van der Waals surface area contributed by atoms with Crippen LogP contribution in [0.4, 0.5) is 9.80 Å². The lowest BCUT2D eigenvalue weighted by molar-refractivity contribution is 0.205. The Kier molecular flexibility index (Phi) is 4.57. The summed E-state index contributed by atoms with van der Waals surface area (Å²) in [5, 5.41) is 9.58. The van der Waals surface area contributed by atoms with Gasteiger partial charge in [-0.25, -0.2) is 9.69 Å². The van der Waals surface area contributed by atoms with Crippen LogP contribution in [0, 0.1) is 5.41 Å². The molecule has 0 aliphatic heterocycles. The molecule has 0 atom stereocenters. The van der Waals surface area contributed by atoms with Gasteiger partial charge in [0, 0.05) is 5.41 Å². The predicted molar refractivity (Wildman–Crippen MR) is 75.9 cm³/mol. The van der Waals surface area contributed by atoms with Crippen molar-refractivity contribution in [3.05, 3.63) is 15.9 Å². The van der Waals surface area contributed by atoms with E-state index in [0.717, 1.165) is 20.0 Å². The molecule has 8 heteroatoms. The van der Waals surface area contributed by atoms with Crippen molar-refractivity contribution in [2.45, 2.75) is 20.8 Å². The largest absolute Gasteiger partial charge is 0.464 e. The number of halogens is 1. The quantitative estimate of drug-likeness (QED) is 0.787. The Morgan fingerprint density at radius 1 is 1.39 bits per heavy atom. The molecule has 0 aromatic carbocycles. The highest BCUT2D eigenvalue weighted by molar-refractivity contribution is 9.11. The molecule has 1 aromatic rings. The topological polar surface area (TPSA) is 74.7 Å². The van der Waals surface area contributed by atoms with Gasteiger partial charge < -0.3 is 5.11 Å². The zero-order valence-corrected chi connectivity index (χ0v) is 13.2. The summed E-state index contributed by atoms with van der Waals surface area (Å²) in [5.41, 5.74) is -0.804. The van der Waals surface area contributed by atoms with Crippen LogP contribution in [0.3, 0.4) is 0 Å². The molecule has 1 amide bonds. The normalized spacial score (nSPS) is 11.1. The number of thiophene rings is 1. The minimum absolute atomic E-state index is 0.177. The molecule has 0 saturated carbocycles. The second-order valence-corrected chi connectivity index (χ2v) is 7.78. The Morgan fingerprint density at radius 3 is 2.22 bits per heavy atom. The van der Waals surface area contributed by atoms with Gasteiger partial charge in [0.25, 0.3) is 0 Å². The maximum atomic E-state index is 11.3. The van der Waals surface area contributed by atoms with Crippen LogP contribution in [0.15, 0.2) is 15.9 Å². The molecule has 0 saturated heterocycles. The van der Waals surface area contributed by atoms with Crippen molar-refractivity contribution in [1.29, 1.82) is 0 Å². The first-order chi connectivity index (χ1) is 8.14. The first-order valence-electron chi connectivity index (χ1n) is 4.89. The van der Waals surface area contributed by atoms with E-state index in [1.165, 1.54) is 0 Å². The second-order valence-electron chi connectivity index (χ2n) is 4.49. The molecule has 1 N–H and O–H groups in total. The van der Waals surface area contributed by atoms with Crippen molar-refractivity contribution in [2.75, 3.05) is 4.90 Å². The average molecular weight is 354 g/mol. The number of carbonyl (C=O) groups is 1. The van der Waals surface area contributed by atoms with E-state index in [1.54, 1.807) is 32.9 Å². The second kappa shape index (κ2) is 5.41. The molecule has 0 aliphatic carbocycles. The van der Waals surface area contributed by atoms with Crippen LogP contribution < -0.4 is 4.90 Å². The first kappa shape index (κ1) is 15.2. The van der Waals surface area contributed by atoms with E-state index < -0.39 is 21.8 Å². The molecule has 1 rings (SSSR count). The molecule has 0 spiro atoms. The van der Waals surface area contributed by atoms with Crippen LogP contribution in [0.5, 0.6) is 0 Å². The maximum absolute atomic E-state index is 11.3. The number of nitrogens with zero attached hydrogens (tertiary/aromatic N) is 1. The molecular formula is C10H12BrNO4S2. The van der Waals surface area contributed by atoms with Gasteiger partial charge in [-0.1, -0.05) is 20.8 Å². The minimum atomic E-state index is -2.61. The van der Waals surface area contributed by atoms with Crippen molar-refractivity contribution in [3.8, 4) is 0 Å². The summed E-state index contributed by atoms with van der Waals surface area (Å²) in [7, 11) is -2.61. The number of amides is 1. The number of carboxylic acid groups (broad SMARTS) is 1.